The number of methoxy groups -OCH3 is 2. The van der Waals surface area contributed by atoms with E-state index in [4.69, 9.17) is 32.7 Å². The summed E-state index contributed by atoms with van der Waals surface area (Å²) in [5.41, 5.74) is 3.26. The molecule has 1 amide bonds. The third-order valence-corrected chi connectivity index (χ3v) is 13.7. The number of esters is 2. The molecule has 11 heteroatoms. The third kappa shape index (κ3) is 10.9. The van der Waals surface area contributed by atoms with E-state index in [1.54, 1.807) is 35.2 Å². The summed E-state index contributed by atoms with van der Waals surface area (Å²) in [6.07, 6.45) is 2.36. The van der Waals surface area contributed by atoms with Gasteiger partial charge in [0, 0.05) is 28.7 Å². The quantitative estimate of drug-likeness (QED) is 0.102. The zero-order valence-electron chi connectivity index (χ0n) is 31.3. The first kappa shape index (κ1) is 43.3. The summed E-state index contributed by atoms with van der Waals surface area (Å²) < 4.78 is 14.8. The van der Waals surface area contributed by atoms with Gasteiger partial charge in [-0.05, 0) is 92.6 Å². The maximum Gasteiger partial charge on any atom is 0.410 e. The molecule has 1 fully saturated rings. The summed E-state index contributed by atoms with van der Waals surface area (Å²) in [6, 6.07) is 42.4. The largest absolute Gasteiger partial charge is 1.00 e. The van der Waals surface area contributed by atoms with E-state index in [1.165, 1.54) is 30.1 Å². The monoisotopic (exact) mass is 861 g/mol. The molecule has 0 aliphatic carbocycles. The van der Waals surface area contributed by atoms with Crippen molar-refractivity contribution in [1.82, 2.24) is 4.90 Å². The van der Waals surface area contributed by atoms with Gasteiger partial charge < -0.3 is 36.1 Å². The second kappa shape index (κ2) is 19.4. The molecule has 7 nitrogen and oxygen atoms in total. The number of carbonyl (C=O) groups is 3. The number of benzene rings is 5. The van der Waals surface area contributed by atoms with Gasteiger partial charge in [-0.25, -0.2) is 14.4 Å². The Morgan fingerprint density at radius 2 is 1.11 bits per heavy atom. The average Bonchev–Trinajstić information content (AvgIpc) is 3.16. The molecule has 0 aromatic heterocycles. The summed E-state index contributed by atoms with van der Waals surface area (Å²) in [6.45, 7) is 6.55. The summed E-state index contributed by atoms with van der Waals surface area (Å²) in [7, 11) is 0.653. The van der Waals surface area contributed by atoms with E-state index in [0.717, 1.165) is 22.9 Å². The fraction of sp³-hybridized carbons (Fsp3) is 0.205. The fourth-order valence-corrected chi connectivity index (χ4v) is 10.9. The maximum atomic E-state index is 12.0. The zero-order valence-corrected chi connectivity index (χ0v) is 35.3. The molecular formula is C44H43BrCl2NO6P. The highest BCUT2D eigenvalue weighted by molar-refractivity contribution is 7.95. The van der Waals surface area contributed by atoms with E-state index in [9.17, 15) is 14.4 Å². The van der Waals surface area contributed by atoms with Gasteiger partial charge in [-0.15, -0.1) is 0 Å². The van der Waals surface area contributed by atoms with Gasteiger partial charge in [-0.2, -0.15) is 0 Å². The zero-order chi connectivity index (χ0) is 38.9. The average molecular weight is 864 g/mol. The third-order valence-electron chi connectivity index (χ3n) is 8.69. The van der Waals surface area contributed by atoms with E-state index in [2.05, 4.69) is 77.5 Å². The van der Waals surface area contributed by atoms with Gasteiger partial charge >= 0.3 is 18.0 Å². The van der Waals surface area contributed by atoms with Crippen LogP contribution in [0.4, 0.5) is 4.79 Å². The molecule has 0 spiro atoms. The summed E-state index contributed by atoms with van der Waals surface area (Å²) in [4.78, 5) is 36.9. The Morgan fingerprint density at radius 3 is 1.51 bits per heavy atom. The number of hydrogen-bond acceptors (Lipinski definition) is 6. The highest BCUT2D eigenvalue weighted by Crippen LogP contribution is 2.58. The van der Waals surface area contributed by atoms with Crippen molar-refractivity contribution in [3.63, 3.8) is 0 Å². The topological polar surface area (TPSA) is 82.1 Å². The SMILES string of the molecule is COC(=O)c1ccc(C=C2CN(C(=O)OC(C)(C)C)C2)c(Cl)c1.COC(=O)c1ccc(C[P+](c2ccccc2)(c2ccccc2)c2ccccc2)c(Cl)c1.[Br-]. The summed E-state index contributed by atoms with van der Waals surface area (Å²) >= 11 is 12.9. The Bertz CT molecular complexity index is 2020. The van der Waals surface area contributed by atoms with Gasteiger partial charge in [-0.3, -0.25) is 0 Å². The van der Waals surface area contributed by atoms with Gasteiger partial charge in [0.1, 0.15) is 28.8 Å². The Morgan fingerprint density at radius 1 is 0.673 bits per heavy atom. The van der Waals surface area contributed by atoms with Crippen LogP contribution in [0, 0.1) is 0 Å². The minimum Gasteiger partial charge on any atom is -1.00 e. The number of carbonyl (C=O) groups excluding carboxylic acids is 3. The first-order valence-electron chi connectivity index (χ1n) is 17.3. The number of likely N-dealkylation sites (tertiary alicyclic amines) is 1. The lowest BCUT2D eigenvalue weighted by atomic mass is 10.0. The van der Waals surface area contributed by atoms with Crippen molar-refractivity contribution >= 4 is 70.5 Å². The molecule has 0 atom stereocenters. The smallest absolute Gasteiger partial charge is 0.410 e. The Hall–Kier alpha value is -4.46. The molecule has 55 heavy (non-hydrogen) atoms. The normalized spacial score (nSPS) is 12.2. The van der Waals surface area contributed by atoms with E-state index in [0.29, 0.717) is 34.3 Å². The first-order valence-corrected chi connectivity index (χ1v) is 20.0. The molecule has 286 valence electrons. The number of ether oxygens (including phenoxy) is 3. The molecule has 1 aliphatic heterocycles. The van der Waals surface area contributed by atoms with Gasteiger partial charge in [0.2, 0.25) is 0 Å². The Balaban J connectivity index is 0.000000251. The standard InChI is InChI=1S/C27H23ClO2P.C17H20ClNO4.BrH/c1-30-27(29)21-17-18-22(26(28)19-21)20-31(23-11-5-2-6-12-23,24-13-7-3-8-14-24)25-15-9-4-10-16-25;1-17(2,3)23-16(21)19-9-11(10-19)7-12-5-6-13(8-14(12)18)15(20)22-4;/h2-19H,20H2,1H3;5-8H,9-10H2,1-4H3;1H/q+1;;/p-1. The van der Waals surface area contributed by atoms with Crippen LogP contribution in [0.5, 0.6) is 0 Å². The number of halogens is 3. The van der Waals surface area contributed by atoms with Crippen LogP contribution in [0.25, 0.3) is 6.08 Å². The molecule has 6 rings (SSSR count). The Labute approximate surface area is 344 Å². The lowest BCUT2D eigenvalue weighted by molar-refractivity contribution is -0.0000816. The highest BCUT2D eigenvalue weighted by atomic mass is 79.9. The molecule has 1 heterocycles. The van der Waals surface area contributed by atoms with Crippen LogP contribution >= 0.6 is 30.5 Å². The molecule has 0 unspecified atom stereocenters. The van der Waals surface area contributed by atoms with E-state index in [1.807, 2.05) is 51.1 Å². The van der Waals surface area contributed by atoms with Gasteiger partial charge in [-0.1, -0.05) is 96.0 Å². The van der Waals surface area contributed by atoms with E-state index < -0.39 is 18.8 Å². The van der Waals surface area contributed by atoms with E-state index >= 15 is 0 Å². The van der Waals surface area contributed by atoms with Crippen molar-refractivity contribution in [2.75, 3.05) is 27.3 Å². The second-order valence-corrected chi connectivity index (χ2v) is 17.9. The minimum atomic E-state index is -2.05. The number of nitrogens with zero attached hydrogens (tertiary/aromatic N) is 1. The van der Waals surface area contributed by atoms with Gasteiger partial charge in [0.05, 0.1) is 31.5 Å². The molecule has 0 bridgehead atoms. The first-order chi connectivity index (χ1) is 25.8. The van der Waals surface area contributed by atoms with Crippen molar-refractivity contribution in [2.45, 2.75) is 32.5 Å². The molecular weight excluding hydrogens is 820 g/mol. The lowest BCUT2D eigenvalue weighted by Gasteiger charge is -2.35. The van der Waals surface area contributed by atoms with Crippen LogP contribution < -0.4 is 32.9 Å². The van der Waals surface area contributed by atoms with Crippen molar-refractivity contribution in [3.05, 3.63) is 165 Å². The predicted molar refractivity (Wildman–Crippen MR) is 220 cm³/mol. The van der Waals surface area contributed by atoms with Crippen LogP contribution in [-0.2, 0) is 20.4 Å². The Kier molecular flexibility index (Phi) is 15.3. The molecule has 5 aromatic rings. The van der Waals surface area contributed by atoms with Crippen LogP contribution in [-0.4, -0.2) is 55.8 Å². The molecule has 0 N–H and O–H groups in total. The van der Waals surface area contributed by atoms with Crippen LogP contribution in [0.15, 0.2) is 133 Å². The summed E-state index contributed by atoms with van der Waals surface area (Å²) in [5, 5.41) is 4.92. The predicted octanol–water partition coefficient (Wildman–Crippen LogP) is 6.39. The van der Waals surface area contributed by atoms with Crippen molar-refractivity contribution in [3.8, 4) is 0 Å². The molecule has 0 radical (unpaired) electrons. The second-order valence-electron chi connectivity index (χ2n) is 13.6. The number of hydrogen-bond donors (Lipinski definition) is 0. The van der Waals surface area contributed by atoms with Crippen molar-refractivity contribution in [1.29, 1.82) is 0 Å². The van der Waals surface area contributed by atoms with E-state index in [-0.39, 0.29) is 29.0 Å². The van der Waals surface area contributed by atoms with Gasteiger partial charge in [0.25, 0.3) is 0 Å². The van der Waals surface area contributed by atoms with Crippen LogP contribution in [0.3, 0.4) is 0 Å². The maximum absolute atomic E-state index is 12.0. The summed E-state index contributed by atoms with van der Waals surface area (Å²) in [5.74, 6) is -0.811. The number of amides is 1. The van der Waals surface area contributed by atoms with Crippen molar-refractivity contribution in [2.24, 2.45) is 0 Å². The van der Waals surface area contributed by atoms with Crippen LogP contribution in [0.1, 0.15) is 52.6 Å². The molecule has 1 aliphatic rings. The van der Waals surface area contributed by atoms with Crippen molar-refractivity contribution < 1.29 is 45.6 Å². The lowest BCUT2D eigenvalue weighted by Crippen LogP contribution is -3.00. The molecule has 5 aromatic carbocycles. The van der Waals surface area contributed by atoms with Crippen LogP contribution in [0.2, 0.25) is 10.0 Å². The molecule has 1 saturated heterocycles. The fourth-order valence-electron chi connectivity index (χ4n) is 6.04. The minimum absolute atomic E-state index is 0. The highest BCUT2D eigenvalue weighted by Gasteiger charge is 2.45. The van der Waals surface area contributed by atoms with Gasteiger partial charge in [0.15, 0.2) is 0 Å². The number of rotatable bonds is 8. The molecule has 0 saturated carbocycles.